The standard InChI is InChI=1S/C15H18N2/c1-2-12(11-16)13-7-3-4-8-14(13)15-9-5-6-10-17-15/h3-10,12H,2,11,16H2,1H3/t12-/m0/s1. The second-order valence-electron chi connectivity index (χ2n) is 4.14. The Balaban J connectivity index is 2.48. The number of aromatic nitrogens is 1. The van der Waals surface area contributed by atoms with Crippen LogP contribution >= 0.6 is 0 Å². The van der Waals surface area contributed by atoms with E-state index in [0.29, 0.717) is 12.5 Å². The lowest BCUT2D eigenvalue weighted by molar-refractivity contribution is 0.675. The van der Waals surface area contributed by atoms with E-state index in [4.69, 9.17) is 5.73 Å². The minimum absolute atomic E-state index is 0.410. The lowest BCUT2D eigenvalue weighted by Gasteiger charge is -2.16. The van der Waals surface area contributed by atoms with Gasteiger partial charge in [-0.3, -0.25) is 4.98 Å². The van der Waals surface area contributed by atoms with Crippen molar-refractivity contribution in [2.24, 2.45) is 5.73 Å². The van der Waals surface area contributed by atoms with Gasteiger partial charge in [0.2, 0.25) is 0 Å². The highest BCUT2D eigenvalue weighted by molar-refractivity contribution is 5.64. The van der Waals surface area contributed by atoms with E-state index in [1.807, 2.05) is 24.4 Å². The molecule has 2 rings (SSSR count). The Hall–Kier alpha value is -1.67. The summed E-state index contributed by atoms with van der Waals surface area (Å²) in [5.41, 5.74) is 9.37. The molecule has 0 bridgehead atoms. The van der Waals surface area contributed by atoms with Crippen LogP contribution in [-0.2, 0) is 0 Å². The molecule has 0 radical (unpaired) electrons. The summed E-state index contributed by atoms with van der Waals surface area (Å²) < 4.78 is 0. The van der Waals surface area contributed by atoms with Crippen molar-refractivity contribution in [3.63, 3.8) is 0 Å². The predicted molar refractivity (Wildman–Crippen MR) is 71.8 cm³/mol. The quantitative estimate of drug-likeness (QED) is 0.869. The molecule has 0 aliphatic rings. The molecule has 2 nitrogen and oxygen atoms in total. The first-order valence-electron chi connectivity index (χ1n) is 6.07. The maximum atomic E-state index is 5.84. The molecule has 0 saturated carbocycles. The van der Waals surface area contributed by atoms with Crippen LogP contribution in [0.3, 0.4) is 0 Å². The van der Waals surface area contributed by atoms with Gasteiger partial charge >= 0.3 is 0 Å². The Morgan fingerprint density at radius 3 is 2.53 bits per heavy atom. The Bertz CT molecular complexity index is 461. The molecule has 1 aromatic carbocycles. The van der Waals surface area contributed by atoms with E-state index in [-0.39, 0.29) is 0 Å². The highest BCUT2D eigenvalue weighted by Gasteiger charge is 2.13. The molecule has 1 aromatic heterocycles. The summed E-state index contributed by atoms with van der Waals surface area (Å²) in [6, 6.07) is 14.4. The van der Waals surface area contributed by atoms with E-state index in [9.17, 15) is 0 Å². The zero-order valence-electron chi connectivity index (χ0n) is 10.1. The predicted octanol–water partition coefficient (Wildman–Crippen LogP) is 3.20. The zero-order valence-corrected chi connectivity index (χ0v) is 10.1. The third-order valence-electron chi connectivity index (χ3n) is 3.12. The molecular weight excluding hydrogens is 208 g/mol. The Kier molecular flexibility index (Phi) is 3.89. The average molecular weight is 226 g/mol. The minimum atomic E-state index is 0.410. The number of hydrogen-bond donors (Lipinski definition) is 1. The Morgan fingerprint density at radius 2 is 1.88 bits per heavy atom. The molecule has 0 amide bonds. The Labute approximate surface area is 103 Å². The van der Waals surface area contributed by atoms with Crippen LogP contribution in [0.25, 0.3) is 11.3 Å². The average Bonchev–Trinajstić information content (AvgIpc) is 2.42. The van der Waals surface area contributed by atoms with Gasteiger partial charge in [0.15, 0.2) is 0 Å². The first-order valence-corrected chi connectivity index (χ1v) is 6.07. The van der Waals surface area contributed by atoms with Crippen molar-refractivity contribution in [1.82, 2.24) is 4.98 Å². The molecule has 0 saturated heterocycles. The summed E-state index contributed by atoms with van der Waals surface area (Å²) in [5.74, 6) is 0.410. The fraction of sp³-hybridized carbons (Fsp3) is 0.267. The molecule has 0 aliphatic carbocycles. The van der Waals surface area contributed by atoms with Crippen LogP contribution in [0.1, 0.15) is 24.8 Å². The molecule has 17 heavy (non-hydrogen) atoms. The third-order valence-corrected chi connectivity index (χ3v) is 3.12. The van der Waals surface area contributed by atoms with Gasteiger partial charge < -0.3 is 5.73 Å². The van der Waals surface area contributed by atoms with Crippen LogP contribution in [0.2, 0.25) is 0 Å². The molecule has 2 N–H and O–H groups in total. The van der Waals surface area contributed by atoms with Crippen LogP contribution in [0.5, 0.6) is 0 Å². The molecule has 88 valence electrons. The van der Waals surface area contributed by atoms with Crippen LogP contribution in [0.4, 0.5) is 0 Å². The summed E-state index contributed by atoms with van der Waals surface area (Å²) in [5, 5.41) is 0. The van der Waals surface area contributed by atoms with Crippen LogP contribution < -0.4 is 5.73 Å². The van der Waals surface area contributed by atoms with Gasteiger partial charge in [0.05, 0.1) is 5.69 Å². The van der Waals surface area contributed by atoms with Crippen LogP contribution in [-0.4, -0.2) is 11.5 Å². The summed E-state index contributed by atoms with van der Waals surface area (Å²) in [4.78, 5) is 4.42. The molecular formula is C15H18N2. The monoisotopic (exact) mass is 226 g/mol. The first-order chi connectivity index (χ1) is 8.36. The van der Waals surface area contributed by atoms with Crippen LogP contribution in [0.15, 0.2) is 48.7 Å². The summed E-state index contributed by atoms with van der Waals surface area (Å²) in [7, 11) is 0. The molecule has 0 aliphatic heterocycles. The fourth-order valence-electron chi connectivity index (χ4n) is 2.12. The van der Waals surface area contributed by atoms with Crippen molar-refractivity contribution in [3.05, 3.63) is 54.2 Å². The van der Waals surface area contributed by atoms with Crippen LogP contribution in [0, 0.1) is 0 Å². The minimum Gasteiger partial charge on any atom is -0.330 e. The van der Waals surface area contributed by atoms with Crippen molar-refractivity contribution < 1.29 is 0 Å². The van der Waals surface area contributed by atoms with Crippen molar-refractivity contribution in [2.45, 2.75) is 19.3 Å². The number of hydrogen-bond acceptors (Lipinski definition) is 2. The lowest BCUT2D eigenvalue weighted by Crippen LogP contribution is -2.12. The second-order valence-corrected chi connectivity index (χ2v) is 4.14. The molecule has 2 heteroatoms. The van der Waals surface area contributed by atoms with E-state index in [1.165, 1.54) is 11.1 Å². The van der Waals surface area contributed by atoms with Crippen molar-refractivity contribution in [1.29, 1.82) is 0 Å². The molecule has 0 spiro atoms. The third kappa shape index (κ3) is 2.53. The maximum absolute atomic E-state index is 5.84. The Morgan fingerprint density at radius 1 is 1.12 bits per heavy atom. The number of nitrogens with two attached hydrogens (primary N) is 1. The highest BCUT2D eigenvalue weighted by Crippen LogP contribution is 2.29. The smallest absolute Gasteiger partial charge is 0.0704 e. The van der Waals surface area contributed by atoms with Gasteiger partial charge in [0.25, 0.3) is 0 Å². The van der Waals surface area contributed by atoms with Crippen molar-refractivity contribution >= 4 is 0 Å². The van der Waals surface area contributed by atoms with Gasteiger partial charge in [0.1, 0.15) is 0 Å². The summed E-state index contributed by atoms with van der Waals surface area (Å²) >= 11 is 0. The SMILES string of the molecule is CC[C@@H](CN)c1ccccc1-c1ccccn1. The first kappa shape index (κ1) is 11.8. The normalized spacial score (nSPS) is 12.4. The maximum Gasteiger partial charge on any atom is 0.0704 e. The molecule has 0 unspecified atom stereocenters. The molecule has 1 heterocycles. The van der Waals surface area contributed by atoms with Gasteiger partial charge in [-0.05, 0) is 36.6 Å². The van der Waals surface area contributed by atoms with Crippen molar-refractivity contribution in [2.75, 3.05) is 6.54 Å². The van der Waals surface area contributed by atoms with Gasteiger partial charge in [-0.2, -0.15) is 0 Å². The zero-order chi connectivity index (χ0) is 12.1. The van der Waals surface area contributed by atoms with E-state index < -0.39 is 0 Å². The summed E-state index contributed by atoms with van der Waals surface area (Å²) in [6.07, 6.45) is 2.88. The molecule has 1 atom stereocenters. The largest absolute Gasteiger partial charge is 0.330 e. The second kappa shape index (κ2) is 5.60. The lowest BCUT2D eigenvalue weighted by atomic mass is 9.91. The van der Waals surface area contributed by atoms with E-state index in [2.05, 4.69) is 36.2 Å². The van der Waals surface area contributed by atoms with E-state index in [0.717, 1.165) is 12.1 Å². The summed E-state index contributed by atoms with van der Waals surface area (Å²) in [6.45, 7) is 2.85. The number of rotatable bonds is 4. The number of benzene rings is 1. The van der Waals surface area contributed by atoms with Crippen molar-refractivity contribution in [3.8, 4) is 11.3 Å². The fourth-order valence-corrected chi connectivity index (χ4v) is 2.12. The highest BCUT2D eigenvalue weighted by atomic mass is 14.7. The molecule has 0 fully saturated rings. The van der Waals surface area contributed by atoms with Gasteiger partial charge in [-0.25, -0.2) is 0 Å². The van der Waals surface area contributed by atoms with Gasteiger partial charge in [-0.1, -0.05) is 37.3 Å². The van der Waals surface area contributed by atoms with Gasteiger partial charge in [0, 0.05) is 11.8 Å². The van der Waals surface area contributed by atoms with Gasteiger partial charge in [-0.15, -0.1) is 0 Å². The van der Waals surface area contributed by atoms with E-state index >= 15 is 0 Å². The van der Waals surface area contributed by atoms with E-state index in [1.54, 1.807) is 0 Å². The number of pyridine rings is 1. The topological polar surface area (TPSA) is 38.9 Å². The molecule has 2 aromatic rings. The number of nitrogens with zero attached hydrogens (tertiary/aromatic N) is 1.